The standard InChI is InChI=1S/C14H26O3/c1-12(2,3)10-11(13(4,5)6)17-9-8-14(10,15)16-7/h15H,8-9H2,1-7H3. The molecule has 0 fully saturated rings. The lowest BCUT2D eigenvalue weighted by molar-refractivity contribution is -0.189. The molecular weight excluding hydrogens is 216 g/mol. The van der Waals surface area contributed by atoms with Crippen molar-refractivity contribution in [3.05, 3.63) is 11.3 Å². The van der Waals surface area contributed by atoms with Crippen molar-refractivity contribution in [2.75, 3.05) is 13.7 Å². The highest BCUT2D eigenvalue weighted by molar-refractivity contribution is 5.28. The van der Waals surface area contributed by atoms with Crippen molar-refractivity contribution < 1.29 is 14.6 Å². The topological polar surface area (TPSA) is 38.7 Å². The molecule has 0 aliphatic carbocycles. The Hall–Kier alpha value is -0.540. The van der Waals surface area contributed by atoms with Gasteiger partial charge in [-0.2, -0.15) is 0 Å². The molecule has 0 saturated carbocycles. The molecule has 0 aromatic rings. The summed E-state index contributed by atoms with van der Waals surface area (Å²) in [6.07, 6.45) is 0.482. The minimum absolute atomic E-state index is 0.129. The minimum atomic E-state index is -1.20. The van der Waals surface area contributed by atoms with Crippen LogP contribution in [0, 0.1) is 10.8 Å². The summed E-state index contributed by atoms with van der Waals surface area (Å²) < 4.78 is 11.2. The van der Waals surface area contributed by atoms with Gasteiger partial charge in [-0.3, -0.25) is 0 Å². The van der Waals surface area contributed by atoms with E-state index in [1.54, 1.807) is 7.11 Å². The number of rotatable bonds is 1. The van der Waals surface area contributed by atoms with E-state index in [2.05, 4.69) is 41.5 Å². The van der Waals surface area contributed by atoms with Crippen molar-refractivity contribution in [2.45, 2.75) is 53.8 Å². The van der Waals surface area contributed by atoms with Crippen LogP contribution in [0.2, 0.25) is 0 Å². The Balaban J connectivity index is 3.43. The van der Waals surface area contributed by atoms with Gasteiger partial charge in [-0.25, -0.2) is 0 Å². The molecule has 0 radical (unpaired) electrons. The number of ether oxygens (including phenoxy) is 2. The van der Waals surface area contributed by atoms with E-state index in [1.807, 2.05) is 0 Å². The van der Waals surface area contributed by atoms with Crippen LogP contribution in [0.25, 0.3) is 0 Å². The molecule has 3 nitrogen and oxygen atoms in total. The Morgan fingerprint density at radius 1 is 1.12 bits per heavy atom. The lowest BCUT2D eigenvalue weighted by Crippen LogP contribution is -2.45. The van der Waals surface area contributed by atoms with Crippen LogP contribution >= 0.6 is 0 Å². The Morgan fingerprint density at radius 2 is 1.65 bits per heavy atom. The van der Waals surface area contributed by atoms with E-state index >= 15 is 0 Å². The summed E-state index contributed by atoms with van der Waals surface area (Å²) in [6, 6.07) is 0. The third-order valence-corrected chi connectivity index (χ3v) is 3.07. The smallest absolute Gasteiger partial charge is 0.195 e. The molecule has 0 aromatic carbocycles. The van der Waals surface area contributed by atoms with Gasteiger partial charge in [-0.05, 0) is 5.41 Å². The first-order valence-electron chi connectivity index (χ1n) is 6.18. The van der Waals surface area contributed by atoms with Crippen molar-refractivity contribution in [1.82, 2.24) is 0 Å². The first-order valence-corrected chi connectivity index (χ1v) is 6.18. The Kier molecular flexibility index (Phi) is 3.66. The van der Waals surface area contributed by atoms with Crippen LogP contribution in [0.1, 0.15) is 48.0 Å². The van der Waals surface area contributed by atoms with Crippen LogP contribution in [0.5, 0.6) is 0 Å². The average molecular weight is 242 g/mol. The highest BCUT2D eigenvalue weighted by Crippen LogP contribution is 2.46. The molecule has 0 amide bonds. The number of hydrogen-bond donors (Lipinski definition) is 1. The molecule has 1 rings (SSSR count). The van der Waals surface area contributed by atoms with Gasteiger partial charge >= 0.3 is 0 Å². The summed E-state index contributed by atoms with van der Waals surface area (Å²) >= 11 is 0. The highest BCUT2D eigenvalue weighted by Gasteiger charge is 2.46. The monoisotopic (exact) mass is 242 g/mol. The first kappa shape index (κ1) is 14.5. The van der Waals surface area contributed by atoms with Crippen LogP contribution < -0.4 is 0 Å². The predicted molar refractivity (Wildman–Crippen MR) is 68.5 cm³/mol. The van der Waals surface area contributed by atoms with Gasteiger partial charge < -0.3 is 14.6 Å². The molecule has 1 heterocycles. The molecule has 1 atom stereocenters. The van der Waals surface area contributed by atoms with Gasteiger partial charge in [0.1, 0.15) is 5.76 Å². The number of hydrogen-bond acceptors (Lipinski definition) is 3. The molecule has 3 heteroatoms. The fourth-order valence-electron chi connectivity index (χ4n) is 2.39. The fraction of sp³-hybridized carbons (Fsp3) is 0.857. The predicted octanol–water partition coefficient (Wildman–Crippen LogP) is 3.09. The second-order valence-electron chi connectivity index (χ2n) is 6.79. The SMILES string of the molecule is COC1(O)CCOC(C(C)(C)C)=C1C(C)(C)C. The zero-order valence-electron chi connectivity index (χ0n) is 12.2. The molecule has 0 bridgehead atoms. The normalized spacial score (nSPS) is 27.1. The van der Waals surface area contributed by atoms with Gasteiger partial charge in [0.2, 0.25) is 0 Å². The molecule has 17 heavy (non-hydrogen) atoms. The molecule has 0 aromatic heterocycles. The van der Waals surface area contributed by atoms with Gasteiger partial charge in [0.25, 0.3) is 0 Å². The van der Waals surface area contributed by atoms with Crippen molar-refractivity contribution in [3.8, 4) is 0 Å². The quantitative estimate of drug-likeness (QED) is 0.718. The third kappa shape index (κ3) is 2.83. The highest BCUT2D eigenvalue weighted by atomic mass is 16.6. The minimum Gasteiger partial charge on any atom is -0.497 e. The molecule has 1 aliphatic heterocycles. The van der Waals surface area contributed by atoms with Crippen molar-refractivity contribution in [2.24, 2.45) is 10.8 Å². The lowest BCUT2D eigenvalue weighted by atomic mass is 9.74. The van der Waals surface area contributed by atoms with E-state index < -0.39 is 5.79 Å². The van der Waals surface area contributed by atoms with Crippen molar-refractivity contribution in [3.63, 3.8) is 0 Å². The van der Waals surface area contributed by atoms with Crippen LogP contribution in [0.15, 0.2) is 11.3 Å². The summed E-state index contributed by atoms with van der Waals surface area (Å²) in [5.41, 5.74) is 0.551. The van der Waals surface area contributed by atoms with Crippen LogP contribution in [-0.2, 0) is 9.47 Å². The van der Waals surface area contributed by atoms with Gasteiger partial charge in [-0.1, -0.05) is 41.5 Å². The molecule has 1 unspecified atom stereocenters. The van der Waals surface area contributed by atoms with Crippen LogP contribution in [0.3, 0.4) is 0 Å². The summed E-state index contributed by atoms with van der Waals surface area (Å²) in [5, 5.41) is 10.6. The zero-order valence-corrected chi connectivity index (χ0v) is 12.2. The second kappa shape index (κ2) is 4.29. The largest absolute Gasteiger partial charge is 0.497 e. The summed E-state index contributed by atoms with van der Waals surface area (Å²) in [6.45, 7) is 13.0. The van der Waals surface area contributed by atoms with Gasteiger partial charge in [-0.15, -0.1) is 0 Å². The number of methoxy groups -OCH3 is 1. The van der Waals surface area contributed by atoms with E-state index in [9.17, 15) is 5.11 Å². The molecule has 0 saturated heterocycles. The zero-order chi connectivity index (χ0) is 13.5. The van der Waals surface area contributed by atoms with Gasteiger partial charge in [0.05, 0.1) is 6.61 Å². The number of allylic oxidation sites excluding steroid dienone is 1. The summed E-state index contributed by atoms with van der Waals surface area (Å²) in [7, 11) is 1.55. The Morgan fingerprint density at radius 3 is 2.00 bits per heavy atom. The maximum atomic E-state index is 10.6. The fourth-order valence-corrected chi connectivity index (χ4v) is 2.39. The first-order chi connectivity index (χ1) is 7.52. The molecule has 100 valence electrons. The third-order valence-electron chi connectivity index (χ3n) is 3.07. The molecule has 1 aliphatic rings. The molecule has 1 N–H and O–H groups in total. The van der Waals surface area contributed by atoms with E-state index in [1.165, 1.54) is 0 Å². The maximum absolute atomic E-state index is 10.6. The lowest BCUT2D eigenvalue weighted by Gasteiger charge is -2.44. The molecular formula is C14H26O3. The van der Waals surface area contributed by atoms with Crippen LogP contribution in [0.4, 0.5) is 0 Å². The summed E-state index contributed by atoms with van der Waals surface area (Å²) in [4.78, 5) is 0. The van der Waals surface area contributed by atoms with E-state index in [4.69, 9.17) is 9.47 Å². The van der Waals surface area contributed by atoms with Crippen LogP contribution in [-0.4, -0.2) is 24.6 Å². The van der Waals surface area contributed by atoms with E-state index in [0.29, 0.717) is 13.0 Å². The van der Waals surface area contributed by atoms with Crippen molar-refractivity contribution in [1.29, 1.82) is 0 Å². The van der Waals surface area contributed by atoms with Crippen molar-refractivity contribution >= 4 is 0 Å². The molecule has 0 spiro atoms. The van der Waals surface area contributed by atoms with E-state index in [-0.39, 0.29) is 10.8 Å². The van der Waals surface area contributed by atoms with Gasteiger partial charge in [0, 0.05) is 24.5 Å². The average Bonchev–Trinajstić information content (AvgIpc) is 2.14. The Bertz CT molecular complexity index is 317. The number of aliphatic hydroxyl groups is 1. The summed E-state index contributed by atoms with van der Waals surface area (Å²) in [5.74, 6) is -0.334. The Labute approximate surface area is 105 Å². The second-order valence-corrected chi connectivity index (χ2v) is 6.79. The van der Waals surface area contributed by atoms with Gasteiger partial charge in [0.15, 0.2) is 5.79 Å². The maximum Gasteiger partial charge on any atom is 0.195 e. The van der Waals surface area contributed by atoms with E-state index in [0.717, 1.165) is 11.3 Å².